The van der Waals surface area contributed by atoms with E-state index in [1.165, 1.54) is 7.11 Å². The van der Waals surface area contributed by atoms with Crippen molar-refractivity contribution in [2.45, 2.75) is 52.7 Å². The van der Waals surface area contributed by atoms with Crippen LogP contribution in [0, 0.1) is 0 Å². The van der Waals surface area contributed by atoms with E-state index in [-0.39, 0.29) is 12.2 Å². The molecule has 2 unspecified atom stereocenters. The first-order chi connectivity index (χ1) is 6.47. The van der Waals surface area contributed by atoms with Gasteiger partial charge >= 0.3 is 7.82 Å². The molecule has 0 aliphatic carbocycles. The maximum Gasteiger partial charge on any atom is 0.475 e. The van der Waals surface area contributed by atoms with E-state index in [2.05, 4.69) is 0 Å². The lowest BCUT2D eigenvalue weighted by molar-refractivity contribution is 0.0714. The molecule has 0 aliphatic rings. The van der Waals surface area contributed by atoms with Gasteiger partial charge in [0.05, 0.1) is 12.2 Å². The van der Waals surface area contributed by atoms with E-state index in [0.29, 0.717) is 0 Å². The highest BCUT2D eigenvalue weighted by Crippen LogP contribution is 2.51. The molecule has 5 heteroatoms. The van der Waals surface area contributed by atoms with E-state index in [1.54, 1.807) is 0 Å². The van der Waals surface area contributed by atoms with Crippen LogP contribution in [0.2, 0.25) is 0 Å². The van der Waals surface area contributed by atoms with Crippen LogP contribution in [-0.4, -0.2) is 19.3 Å². The molecule has 0 fully saturated rings. The first kappa shape index (κ1) is 14.1. The van der Waals surface area contributed by atoms with Crippen molar-refractivity contribution in [3.8, 4) is 0 Å². The molecule has 0 heterocycles. The quantitative estimate of drug-likeness (QED) is 0.622. The van der Waals surface area contributed by atoms with Crippen LogP contribution in [-0.2, 0) is 18.1 Å². The van der Waals surface area contributed by atoms with Gasteiger partial charge in [-0.3, -0.25) is 13.6 Å². The normalized spacial score (nSPS) is 20.1. The fraction of sp³-hybridized carbons (Fsp3) is 1.00. The summed E-state index contributed by atoms with van der Waals surface area (Å²) in [6, 6.07) is 0. The van der Waals surface area contributed by atoms with Crippen molar-refractivity contribution in [2.24, 2.45) is 0 Å². The SMILES string of the molecule is CCC(C)OP(=O)(OC)OC(C)CC. The summed E-state index contributed by atoms with van der Waals surface area (Å²) in [4.78, 5) is 0. The summed E-state index contributed by atoms with van der Waals surface area (Å²) in [5.41, 5.74) is 0. The zero-order valence-corrected chi connectivity index (χ0v) is 10.5. The van der Waals surface area contributed by atoms with E-state index in [1.807, 2.05) is 27.7 Å². The Morgan fingerprint density at radius 3 is 1.64 bits per heavy atom. The maximum absolute atomic E-state index is 11.9. The summed E-state index contributed by atoms with van der Waals surface area (Å²) >= 11 is 0. The molecule has 0 N–H and O–H groups in total. The Hall–Kier alpha value is 0.110. The predicted octanol–water partition coefficient (Wildman–Crippen LogP) is 3.37. The Kier molecular flexibility index (Phi) is 6.62. The third kappa shape index (κ3) is 5.11. The highest BCUT2D eigenvalue weighted by molar-refractivity contribution is 7.48. The van der Waals surface area contributed by atoms with Gasteiger partial charge in [0.25, 0.3) is 0 Å². The summed E-state index contributed by atoms with van der Waals surface area (Å²) < 4.78 is 27.1. The van der Waals surface area contributed by atoms with Crippen LogP contribution in [0.4, 0.5) is 0 Å². The molecule has 0 bridgehead atoms. The van der Waals surface area contributed by atoms with Crippen molar-refractivity contribution in [1.29, 1.82) is 0 Å². The van der Waals surface area contributed by atoms with Gasteiger partial charge in [-0.25, -0.2) is 4.57 Å². The second kappa shape index (κ2) is 6.57. The fourth-order valence-corrected chi connectivity index (χ4v) is 2.10. The van der Waals surface area contributed by atoms with Crippen LogP contribution in [0.15, 0.2) is 0 Å². The highest BCUT2D eigenvalue weighted by Gasteiger charge is 2.29. The summed E-state index contributed by atoms with van der Waals surface area (Å²) in [5.74, 6) is 0. The van der Waals surface area contributed by atoms with Crippen LogP contribution in [0.25, 0.3) is 0 Å². The molecule has 0 aromatic heterocycles. The zero-order valence-electron chi connectivity index (χ0n) is 9.65. The molecule has 0 aliphatic heterocycles. The molecule has 0 rings (SSSR count). The first-order valence-corrected chi connectivity index (χ1v) is 6.46. The average Bonchev–Trinajstić information content (AvgIpc) is 2.17. The number of phosphoric ester groups is 1. The van der Waals surface area contributed by atoms with Crippen LogP contribution in [0.5, 0.6) is 0 Å². The molecule has 0 saturated carbocycles. The number of hydrogen-bond acceptors (Lipinski definition) is 4. The Morgan fingerprint density at radius 1 is 1.07 bits per heavy atom. The van der Waals surface area contributed by atoms with E-state index in [4.69, 9.17) is 13.6 Å². The summed E-state index contributed by atoms with van der Waals surface area (Å²) in [6.07, 6.45) is 1.31. The molecule has 0 saturated heterocycles. The molecule has 0 spiro atoms. The molecule has 0 aromatic carbocycles. The summed E-state index contributed by atoms with van der Waals surface area (Å²) in [7, 11) is -2.01. The molecule has 4 nitrogen and oxygen atoms in total. The van der Waals surface area contributed by atoms with Crippen molar-refractivity contribution in [3.63, 3.8) is 0 Å². The van der Waals surface area contributed by atoms with Gasteiger partial charge in [-0.1, -0.05) is 13.8 Å². The average molecular weight is 224 g/mol. The standard InChI is InChI=1S/C9H21O4P/c1-6-8(3)12-14(10,11-5)13-9(4)7-2/h8-9H,6-7H2,1-5H3. The lowest BCUT2D eigenvalue weighted by Crippen LogP contribution is -2.12. The van der Waals surface area contributed by atoms with Crippen molar-refractivity contribution in [3.05, 3.63) is 0 Å². The Morgan fingerprint density at radius 2 is 1.43 bits per heavy atom. The minimum atomic E-state index is -3.35. The minimum absolute atomic E-state index is 0.121. The zero-order chi connectivity index (χ0) is 11.2. The molecule has 14 heavy (non-hydrogen) atoms. The van der Waals surface area contributed by atoms with Gasteiger partial charge < -0.3 is 0 Å². The van der Waals surface area contributed by atoms with Crippen LogP contribution >= 0.6 is 7.82 Å². The van der Waals surface area contributed by atoms with Gasteiger partial charge in [-0.2, -0.15) is 0 Å². The van der Waals surface area contributed by atoms with Crippen LogP contribution in [0.1, 0.15) is 40.5 Å². The van der Waals surface area contributed by atoms with Crippen molar-refractivity contribution in [2.75, 3.05) is 7.11 Å². The maximum atomic E-state index is 11.9. The number of hydrogen-bond donors (Lipinski definition) is 0. The highest BCUT2D eigenvalue weighted by atomic mass is 31.2. The largest absolute Gasteiger partial charge is 0.475 e. The number of phosphoric acid groups is 1. The van der Waals surface area contributed by atoms with Gasteiger partial charge in [-0.15, -0.1) is 0 Å². The predicted molar refractivity (Wildman–Crippen MR) is 56.3 cm³/mol. The number of rotatable bonds is 7. The van der Waals surface area contributed by atoms with E-state index >= 15 is 0 Å². The lowest BCUT2D eigenvalue weighted by Gasteiger charge is -2.22. The van der Waals surface area contributed by atoms with Crippen molar-refractivity contribution < 1.29 is 18.1 Å². The molecule has 0 aromatic rings. The Bertz CT molecular complexity index is 179. The molecule has 2 atom stereocenters. The lowest BCUT2D eigenvalue weighted by atomic mass is 10.3. The van der Waals surface area contributed by atoms with Gasteiger partial charge in [0.15, 0.2) is 0 Å². The van der Waals surface area contributed by atoms with Gasteiger partial charge in [0.2, 0.25) is 0 Å². The first-order valence-electron chi connectivity index (χ1n) is 5.00. The molecular formula is C9H21O4P. The van der Waals surface area contributed by atoms with E-state index in [0.717, 1.165) is 12.8 Å². The van der Waals surface area contributed by atoms with Gasteiger partial charge in [-0.05, 0) is 26.7 Å². The van der Waals surface area contributed by atoms with Crippen LogP contribution in [0.3, 0.4) is 0 Å². The summed E-state index contributed by atoms with van der Waals surface area (Å²) in [5, 5.41) is 0. The molecular weight excluding hydrogens is 203 g/mol. The second-order valence-electron chi connectivity index (χ2n) is 3.28. The monoisotopic (exact) mass is 224 g/mol. The summed E-state index contributed by atoms with van der Waals surface area (Å²) in [6.45, 7) is 7.58. The topological polar surface area (TPSA) is 44.8 Å². The van der Waals surface area contributed by atoms with Crippen LogP contribution < -0.4 is 0 Å². The molecule has 86 valence electrons. The third-order valence-electron chi connectivity index (χ3n) is 1.99. The Balaban J connectivity index is 4.25. The van der Waals surface area contributed by atoms with E-state index in [9.17, 15) is 4.57 Å². The van der Waals surface area contributed by atoms with Gasteiger partial charge in [0.1, 0.15) is 0 Å². The fourth-order valence-electron chi connectivity index (χ4n) is 0.701. The molecule has 0 amide bonds. The third-order valence-corrected chi connectivity index (χ3v) is 3.67. The second-order valence-corrected chi connectivity index (χ2v) is 4.96. The van der Waals surface area contributed by atoms with Crippen molar-refractivity contribution in [1.82, 2.24) is 0 Å². The minimum Gasteiger partial charge on any atom is -0.290 e. The van der Waals surface area contributed by atoms with Crippen molar-refractivity contribution >= 4 is 7.82 Å². The smallest absolute Gasteiger partial charge is 0.290 e. The molecule has 0 radical (unpaired) electrons. The van der Waals surface area contributed by atoms with Gasteiger partial charge in [0, 0.05) is 7.11 Å². The Labute approximate surface area is 86.5 Å². The van der Waals surface area contributed by atoms with E-state index < -0.39 is 7.82 Å².